The molecule has 2 aromatic rings. The van der Waals surface area contributed by atoms with Crippen LogP contribution in [0.1, 0.15) is 17.2 Å². The maximum Gasteiger partial charge on any atom is 0.417 e. The molecule has 30 heavy (non-hydrogen) atoms. The van der Waals surface area contributed by atoms with Gasteiger partial charge in [-0.1, -0.05) is 30.3 Å². The lowest BCUT2D eigenvalue weighted by Gasteiger charge is -2.35. The van der Waals surface area contributed by atoms with Crippen LogP contribution in [0.4, 0.5) is 13.2 Å². The fourth-order valence-electron chi connectivity index (χ4n) is 3.43. The van der Waals surface area contributed by atoms with Gasteiger partial charge in [-0.05, 0) is 18.7 Å². The van der Waals surface area contributed by atoms with E-state index in [1.54, 1.807) is 0 Å². The predicted molar refractivity (Wildman–Crippen MR) is 107 cm³/mol. The van der Waals surface area contributed by atoms with E-state index in [0.717, 1.165) is 48.4 Å². The number of benzene rings is 1. The van der Waals surface area contributed by atoms with E-state index < -0.39 is 29.8 Å². The normalized spacial score (nSPS) is 16.9. The molecule has 162 valence electrons. The lowest BCUT2D eigenvalue weighted by atomic mass is 10.1. The summed E-state index contributed by atoms with van der Waals surface area (Å²) in [5, 5.41) is 2.89. The average molecular weight is 422 g/mol. The van der Waals surface area contributed by atoms with Gasteiger partial charge in [0.15, 0.2) is 0 Å². The van der Waals surface area contributed by atoms with E-state index in [-0.39, 0.29) is 6.04 Å². The largest absolute Gasteiger partial charge is 0.417 e. The van der Waals surface area contributed by atoms with Crippen molar-refractivity contribution in [2.45, 2.75) is 18.8 Å². The number of piperazine rings is 1. The smallest absolute Gasteiger partial charge is 0.346 e. The quantitative estimate of drug-likeness (QED) is 0.774. The van der Waals surface area contributed by atoms with Crippen molar-refractivity contribution in [2.24, 2.45) is 0 Å². The van der Waals surface area contributed by atoms with E-state index in [9.17, 15) is 22.8 Å². The van der Waals surface area contributed by atoms with Crippen molar-refractivity contribution in [3.05, 3.63) is 70.1 Å². The highest BCUT2D eigenvalue weighted by Crippen LogP contribution is 2.28. The van der Waals surface area contributed by atoms with Gasteiger partial charge in [0.25, 0.3) is 5.56 Å². The van der Waals surface area contributed by atoms with Gasteiger partial charge in [-0.25, -0.2) is 0 Å². The summed E-state index contributed by atoms with van der Waals surface area (Å²) in [6.45, 7) is 3.69. The second kappa shape index (κ2) is 9.44. The van der Waals surface area contributed by atoms with Crippen LogP contribution in [-0.2, 0) is 17.5 Å². The van der Waals surface area contributed by atoms with Crippen LogP contribution in [-0.4, -0.2) is 60.0 Å². The number of aromatic nitrogens is 1. The molecule has 1 saturated heterocycles. The van der Waals surface area contributed by atoms with E-state index in [1.807, 2.05) is 30.3 Å². The van der Waals surface area contributed by atoms with Gasteiger partial charge < -0.3 is 14.8 Å². The van der Waals surface area contributed by atoms with E-state index in [4.69, 9.17) is 0 Å². The summed E-state index contributed by atoms with van der Waals surface area (Å²) >= 11 is 0. The Morgan fingerprint density at radius 3 is 2.37 bits per heavy atom. The molecule has 1 atom stereocenters. The Labute approximate surface area is 172 Å². The van der Waals surface area contributed by atoms with E-state index in [2.05, 4.69) is 22.2 Å². The molecule has 9 heteroatoms. The zero-order valence-corrected chi connectivity index (χ0v) is 16.7. The van der Waals surface area contributed by atoms with Crippen LogP contribution in [0.2, 0.25) is 0 Å². The number of pyridine rings is 1. The molecule has 0 radical (unpaired) electrons. The Hall–Kier alpha value is -2.65. The molecule has 1 fully saturated rings. The van der Waals surface area contributed by atoms with Crippen LogP contribution in [0, 0.1) is 0 Å². The third-order valence-electron chi connectivity index (χ3n) is 5.20. The van der Waals surface area contributed by atoms with Crippen LogP contribution in [0.3, 0.4) is 0 Å². The number of halogens is 3. The van der Waals surface area contributed by atoms with Crippen LogP contribution in [0.5, 0.6) is 0 Å². The van der Waals surface area contributed by atoms with Crippen molar-refractivity contribution in [3.63, 3.8) is 0 Å². The Bertz CT molecular complexity index is 906. The fraction of sp³-hybridized carbons (Fsp3) is 0.429. The van der Waals surface area contributed by atoms with Gasteiger partial charge in [-0.3, -0.25) is 14.5 Å². The lowest BCUT2D eigenvalue weighted by Crippen LogP contribution is -2.48. The third kappa shape index (κ3) is 5.93. The van der Waals surface area contributed by atoms with Crippen LogP contribution in [0.15, 0.2) is 53.5 Å². The van der Waals surface area contributed by atoms with E-state index >= 15 is 0 Å². The first-order chi connectivity index (χ1) is 14.2. The fourth-order valence-corrected chi connectivity index (χ4v) is 3.43. The number of rotatable bonds is 6. The Balaban J connectivity index is 1.73. The molecule has 3 rings (SSSR count). The minimum atomic E-state index is -4.58. The summed E-state index contributed by atoms with van der Waals surface area (Å²) in [5.41, 5.74) is -0.721. The Kier molecular flexibility index (Phi) is 6.94. The lowest BCUT2D eigenvalue weighted by molar-refractivity contribution is -0.138. The highest BCUT2D eigenvalue weighted by Gasteiger charge is 2.31. The highest BCUT2D eigenvalue weighted by molar-refractivity contribution is 5.76. The van der Waals surface area contributed by atoms with Crippen molar-refractivity contribution in [2.75, 3.05) is 39.8 Å². The zero-order valence-electron chi connectivity index (χ0n) is 16.7. The van der Waals surface area contributed by atoms with Crippen molar-refractivity contribution in [3.8, 4) is 0 Å². The molecule has 0 spiro atoms. The maximum atomic E-state index is 12.9. The van der Waals surface area contributed by atoms with Crippen LogP contribution < -0.4 is 10.9 Å². The molecule has 0 bridgehead atoms. The summed E-state index contributed by atoms with van der Waals surface area (Å²) < 4.78 is 39.6. The topological polar surface area (TPSA) is 57.6 Å². The summed E-state index contributed by atoms with van der Waals surface area (Å²) in [6.07, 6.45) is -3.90. The summed E-state index contributed by atoms with van der Waals surface area (Å²) in [7, 11) is 2.06. The highest BCUT2D eigenvalue weighted by atomic mass is 19.4. The molecule has 1 aromatic heterocycles. The number of hydrogen-bond donors (Lipinski definition) is 1. The van der Waals surface area contributed by atoms with Gasteiger partial charge in [0.05, 0.1) is 11.6 Å². The maximum absolute atomic E-state index is 12.9. The first kappa shape index (κ1) is 22.0. The van der Waals surface area contributed by atoms with Gasteiger partial charge in [-0.15, -0.1) is 0 Å². The first-order valence-corrected chi connectivity index (χ1v) is 9.75. The number of likely N-dealkylation sites (N-methyl/N-ethyl adjacent to an activating group) is 1. The molecule has 1 unspecified atom stereocenters. The number of carbonyl (C=O) groups is 1. The number of nitrogens with one attached hydrogen (secondary N) is 1. The SMILES string of the molecule is CN1CCN(CC(NC(=O)Cn2cc(C(F)(F)F)ccc2=O)c2ccccc2)CC1. The van der Waals surface area contributed by atoms with E-state index in [1.165, 1.54) is 0 Å². The first-order valence-electron chi connectivity index (χ1n) is 9.75. The molecule has 1 aliphatic rings. The van der Waals surface area contributed by atoms with Gasteiger partial charge in [0.1, 0.15) is 6.54 Å². The number of nitrogens with zero attached hydrogens (tertiary/aromatic N) is 3. The Morgan fingerprint density at radius 2 is 1.73 bits per heavy atom. The minimum absolute atomic E-state index is 0.330. The van der Waals surface area contributed by atoms with Crippen LogP contribution in [0.25, 0.3) is 0 Å². The van der Waals surface area contributed by atoms with Crippen molar-refractivity contribution in [1.82, 2.24) is 19.7 Å². The standard InChI is InChI=1S/C21H25F3N4O2/c1-26-9-11-27(12-10-26)14-18(16-5-3-2-4-6-16)25-19(29)15-28-13-17(21(22,23)24)7-8-20(28)30/h2-8,13,18H,9-12,14-15H2,1H3,(H,25,29). The van der Waals surface area contributed by atoms with Crippen molar-refractivity contribution in [1.29, 1.82) is 0 Å². The molecule has 6 nitrogen and oxygen atoms in total. The summed E-state index contributed by atoms with van der Waals surface area (Å²) in [4.78, 5) is 29.0. The zero-order chi connectivity index (χ0) is 21.7. The second-order valence-corrected chi connectivity index (χ2v) is 7.52. The van der Waals surface area contributed by atoms with Crippen molar-refractivity contribution >= 4 is 5.91 Å². The average Bonchev–Trinajstić information content (AvgIpc) is 2.70. The molecule has 1 aliphatic heterocycles. The Morgan fingerprint density at radius 1 is 1.07 bits per heavy atom. The van der Waals surface area contributed by atoms with E-state index in [0.29, 0.717) is 12.7 Å². The van der Waals surface area contributed by atoms with Crippen molar-refractivity contribution < 1.29 is 18.0 Å². The van der Waals surface area contributed by atoms with Gasteiger partial charge in [-0.2, -0.15) is 13.2 Å². The molecule has 2 heterocycles. The number of amides is 1. The minimum Gasteiger partial charge on any atom is -0.346 e. The van der Waals surface area contributed by atoms with Gasteiger partial charge >= 0.3 is 6.18 Å². The number of hydrogen-bond acceptors (Lipinski definition) is 4. The van der Waals surface area contributed by atoms with Crippen LogP contribution >= 0.6 is 0 Å². The molecular formula is C21H25F3N4O2. The van der Waals surface area contributed by atoms with Gasteiger partial charge in [0.2, 0.25) is 5.91 Å². The molecule has 0 saturated carbocycles. The number of carbonyl (C=O) groups excluding carboxylic acids is 1. The number of alkyl halides is 3. The predicted octanol–water partition coefficient (Wildman–Crippen LogP) is 1.97. The molecular weight excluding hydrogens is 397 g/mol. The molecule has 0 aliphatic carbocycles. The monoisotopic (exact) mass is 422 g/mol. The summed E-state index contributed by atoms with van der Waals surface area (Å²) in [5.74, 6) is -0.514. The second-order valence-electron chi connectivity index (χ2n) is 7.52. The third-order valence-corrected chi connectivity index (χ3v) is 5.20. The molecule has 1 N–H and O–H groups in total. The molecule has 1 aromatic carbocycles. The molecule has 1 amide bonds. The summed E-state index contributed by atoms with van der Waals surface area (Å²) in [6, 6.07) is 10.6. The van der Waals surface area contributed by atoms with Gasteiger partial charge in [0, 0.05) is 45.0 Å².